The summed E-state index contributed by atoms with van der Waals surface area (Å²) >= 11 is 0. The minimum Gasteiger partial charge on any atom is -0.507 e. The van der Waals surface area contributed by atoms with Gasteiger partial charge in [0.15, 0.2) is 0 Å². The average molecular weight is 815 g/mol. The molecule has 1 aromatic heterocycles. The van der Waals surface area contributed by atoms with E-state index >= 15 is 0 Å². The number of nitrogens with zero attached hydrogens (tertiary/aromatic N) is 2. The summed E-state index contributed by atoms with van der Waals surface area (Å²) in [5.74, 6) is 0.983. The standard InChI is InChI=1S/C59H62N2O/c1-56(2,3)44-29-30-51(48(35-44)39-23-17-14-18-24-39)61-52-28-20-27-47(53(52)60-55(61)49-36-46(58(7,8)9)37-50(54(49)62)59(10,11)12)43-32-42(33-45(34-43)57(4,5)6)41-26-19-25-40(31-41)38-21-15-13-16-22-38/h13-37,62H,1-12H3. The Kier molecular flexibility index (Phi) is 10.7. The summed E-state index contributed by atoms with van der Waals surface area (Å²) in [6, 6.07) is 55.0. The maximum atomic E-state index is 12.5. The molecule has 8 rings (SSSR count). The fourth-order valence-corrected chi connectivity index (χ4v) is 8.50. The highest BCUT2D eigenvalue weighted by molar-refractivity contribution is 5.98. The molecule has 314 valence electrons. The van der Waals surface area contributed by atoms with E-state index in [1.54, 1.807) is 0 Å². The highest BCUT2D eigenvalue weighted by Crippen LogP contribution is 2.46. The molecule has 7 aromatic carbocycles. The molecule has 1 N–H and O–H groups in total. The molecule has 3 nitrogen and oxygen atoms in total. The number of para-hydroxylation sites is 1. The highest BCUT2D eigenvalue weighted by atomic mass is 16.3. The summed E-state index contributed by atoms with van der Waals surface area (Å²) in [6.07, 6.45) is 0. The highest BCUT2D eigenvalue weighted by Gasteiger charge is 2.30. The number of aromatic nitrogens is 2. The molecule has 0 bridgehead atoms. The van der Waals surface area contributed by atoms with Crippen molar-refractivity contribution in [3.63, 3.8) is 0 Å². The molecule has 8 aromatic rings. The zero-order valence-electron chi connectivity index (χ0n) is 38.8. The van der Waals surface area contributed by atoms with Crippen LogP contribution >= 0.6 is 0 Å². The van der Waals surface area contributed by atoms with Crippen LogP contribution in [-0.2, 0) is 21.7 Å². The van der Waals surface area contributed by atoms with Gasteiger partial charge in [-0.3, -0.25) is 4.57 Å². The van der Waals surface area contributed by atoms with Crippen molar-refractivity contribution in [2.75, 3.05) is 0 Å². The van der Waals surface area contributed by atoms with E-state index in [1.807, 2.05) is 0 Å². The van der Waals surface area contributed by atoms with Gasteiger partial charge in [0.25, 0.3) is 0 Å². The van der Waals surface area contributed by atoms with Crippen molar-refractivity contribution in [1.29, 1.82) is 0 Å². The van der Waals surface area contributed by atoms with Gasteiger partial charge < -0.3 is 5.11 Å². The lowest BCUT2D eigenvalue weighted by Crippen LogP contribution is -2.17. The van der Waals surface area contributed by atoms with Gasteiger partial charge in [-0.1, -0.05) is 198 Å². The number of benzene rings is 7. The monoisotopic (exact) mass is 814 g/mol. The van der Waals surface area contributed by atoms with Crippen LogP contribution in [0.15, 0.2) is 152 Å². The van der Waals surface area contributed by atoms with Crippen molar-refractivity contribution in [2.24, 2.45) is 0 Å². The summed E-state index contributed by atoms with van der Waals surface area (Å²) in [7, 11) is 0. The molecular formula is C59H62N2O. The molecule has 0 unspecified atom stereocenters. The van der Waals surface area contributed by atoms with E-state index < -0.39 is 0 Å². The molecule has 0 saturated carbocycles. The molecular weight excluding hydrogens is 753 g/mol. The number of fused-ring (bicyclic) bond motifs is 1. The van der Waals surface area contributed by atoms with Crippen molar-refractivity contribution >= 4 is 11.0 Å². The summed E-state index contributed by atoms with van der Waals surface area (Å²) in [6.45, 7) is 26.9. The minimum atomic E-state index is -0.312. The Balaban J connectivity index is 1.47. The quantitative estimate of drug-likeness (QED) is 0.182. The Morgan fingerprint density at radius 3 is 1.52 bits per heavy atom. The summed E-state index contributed by atoms with van der Waals surface area (Å²) in [4.78, 5) is 5.70. The van der Waals surface area contributed by atoms with Crippen molar-refractivity contribution in [2.45, 2.75) is 105 Å². The molecule has 0 aliphatic rings. The van der Waals surface area contributed by atoms with Crippen LogP contribution in [0.1, 0.15) is 105 Å². The molecule has 62 heavy (non-hydrogen) atoms. The first kappa shape index (κ1) is 42.5. The lowest BCUT2D eigenvalue weighted by molar-refractivity contribution is 0.446. The Morgan fingerprint density at radius 1 is 0.387 bits per heavy atom. The van der Waals surface area contributed by atoms with Crippen LogP contribution < -0.4 is 0 Å². The predicted octanol–water partition coefficient (Wildman–Crippen LogP) is 16.3. The first-order valence-corrected chi connectivity index (χ1v) is 22.1. The second kappa shape index (κ2) is 15.6. The van der Waals surface area contributed by atoms with Gasteiger partial charge in [-0.25, -0.2) is 4.98 Å². The van der Waals surface area contributed by atoms with Gasteiger partial charge in [0.05, 0.1) is 22.3 Å². The molecule has 1 heterocycles. The number of phenols is 1. The number of aromatic hydroxyl groups is 1. The second-order valence-corrected chi connectivity index (χ2v) is 21.2. The van der Waals surface area contributed by atoms with E-state index in [9.17, 15) is 5.11 Å². The smallest absolute Gasteiger partial charge is 0.149 e. The van der Waals surface area contributed by atoms with E-state index in [-0.39, 0.29) is 27.4 Å². The SMILES string of the molecule is CC(C)(C)c1cc(-c2cccc(-c3ccccc3)c2)cc(-c2cccc3c2nc(-c2cc(C(C)(C)C)cc(C(C)(C)C)c2O)n3-c2ccc(C(C)(C)C)cc2-c2ccccc2)c1. The van der Waals surface area contributed by atoms with Gasteiger partial charge in [0, 0.05) is 16.7 Å². The van der Waals surface area contributed by atoms with Gasteiger partial charge in [0.1, 0.15) is 11.6 Å². The van der Waals surface area contributed by atoms with E-state index in [0.717, 1.165) is 61.2 Å². The predicted molar refractivity (Wildman–Crippen MR) is 265 cm³/mol. The molecule has 0 aliphatic heterocycles. The van der Waals surface area contributed by atoms with Crippen LogP contribution in [-0.4, -0.2) is 14.7 Å². The van der Waals surface area contributed by atoms with Gasteiger partial charge >= 0.3 is 0 Å². The van der Waals surface area contributed by atoms with Crippen molar-refractivity contribution < 1.29 is 5.11 Å². The number of hydrogen-bond acceptors (Lipinski definition) is 2. The summed E-state index contributed by atoms with van der Waals surface area (Å²) < 4.78 is 2.30. The molecule has 0 saturated heterocycles. The third-order valence-corrected chi connectivity index (χ3v) is 12.3. The molecule has 0 radical (unpaired) electrons. The number of imidazole rings is 1. The van der Waals surface area contributed by atoms with Crippen molar-refractivity contribution in [3.05, 3.63) is 174 Å². The number of rotatable bonds is 6. The zero-order valence-corrected chi connectivity index (χ0v) is 38.8. The van der Waals surface area contributed by atoms with Crippen LogP contribution in [0, 0.1) is 0 Å². The Hall–Kier alpha value is -6.19. The number of hydrogen-bond donors (Lipinski definition) is 1. The largest absolute Gasteiger partial charge is 0.507 e. The molecule has 0 amide bonds. The maximum absolute atomic E-state index is 12.5. The van der Waals surface area contributed by atoms with Gasteiger partial charge in [0.2, 0.25) is 0 Å². The molecule has 0 atom stereocenters. The average Bonchev–Trinajstić information content (AvgIpc) is 3.62. The zero-order chi connectivity index (χ0) is 44.4. The topological polar surface area (TPSA) is 38.1 Å². The fraction of sp³-hybridized carbons (Fsp3) is 0.271. The van der Waals surface area contributed by atoms with Gasteiger partial charge in [-0.2, -0.15) is 0 Å². The lowest BCUT2D eigenvalue weighted by Gasteiger charge is -2.28. The Morgan fingerprint density at radius 2 is 0.903 bits per heavy atom. The third-order valence-electron chi connectivity index (χ3n) is 12.3. The Bertz CT molecular complexity index is 2920. The summed E-state index contributed by atoms with van der Waals surface area (Å²) in [5, 5.41) is 12.5. The van der Waals surface area contributed by atoms with Crippen LogP contribution in [0.3, 0.4) is 0 Å². The first-order chi connectivity index (χ1) is 29.2. The van der Waals surface area contributed by atoms with E-state index in [2.05, 4.69) is 239 Å². The van der Waals surface area contributed by atoms with Crippen molar-refractivity contribution in [3.8, 4) is 67.3 Å². The first-order valence-electron chi connectivity index (χ1n) is 22.1. The van der Waals surface area contributed by atoms with E-state index in [1.165, 1.54) is 27.8 Å². The van der Waals surface area contributed by atoms with Crippen LogP contribution in [0.2, 0.25) is 0 Å². The summed E-state index contributed by atoms with van der Waals surface area (Å²) in [5.41, 5.74) is 16.6. The Labute approximate surface area is 370 Å². The van der Waals surface area contributed by atoms with Crippen LogP contribution in [0.25, 0.3) is 72.6 Å². The van der Waals surface area contributed by atoms with Gasteiger partial charge in [-0.15, -0.1) is 0 Å². The van der Waals surface area contributed by atoms with E-state index in [0.29, 0.717) is 5.82 Å². The maximum Gasteiger partial charge on any atom is 0.149 e. The second-order valence-electron chi connectivity index (χ2n) is 21.2. The molecule has 3 heteroatoms. The third kappa shape index (κ3) is 8.26. The number of phenolic OH excluding ortho intramolecular Hbond substituents is 1. The minimum absolute atomic E-state index is 0.0631. The normalized spacial score (nSPS) is 12.6. The van der Waals surface area contributed by atoms with Crippen LogP contribution in [0.4, 0.5) is 0 Å². The fourth-order valence-electron chi connectivity index (χ4n) is 8.50. The van der Waals surface area contributed by atoms with E-state index in [4.69, 9.17) is 4.98 Å². The molecule has 0 fully saturated rings. The lowest BCUT2D eigenvalue weighted by atomic mass is 9.79. The van der Waals surface area contributed by atoms with Crippen LogP contribution in [0.5, 0.6) is 5.75 Å². The van der Waals surface area contributed by atoms with Crippen molar-refractivity contribution in [1.82, 2.24) is 9.55 Å². The molecule has 0 aliphatic carbocycles. The molecule has 0 spiro atoms. The van der Waals surface area contributed by atoms with Gasteiger partial charge in [-0.05, 0) is 108 Å².